The highest BCUT2D eigenvalue weighted by molar-refractivity contribution is 5.85. The standard InChI is InChI=1S/C16H20FNO4/c1-11(12-4-3-5-13(17)8-12)14(19)18-7-6-16(9-18,10-22-2)15(20)21/h3-5,8,11H,6-7,9-10H2,1-2H3,(H,20,21). The first-order chi connectivity index (χ1) is 10.4. The lowest BCUT2D eigenvalue weighted by Crippen LogP contribution is -2.41. The third kappa shape index (κ3) is 3.11. The van der Waals surface area contributed by atoms with Crippen LogP contribution >= 0.6 is 0 Å². The maximum Gasteiger partial charge on any atom is 0.313 e. The number of halogens is 1. The zero-order valence-electron chi connectivity index (χ0n) is 12.7. The van der Waals surface area contributed by atoms with E-state index in [1.165, 1.54) is 24.1 Å². The van der Waals surface area contributed by atoms with Crippen LogP contribution in [-0.4, -0.2) is 48.7 Å². The van der Waals surface area contributed by atoms with Crippen LogP contribution in [-0.2, 0) is 14.3 Å². The first kappa shape index (κ1) is 16.4. The van der Waals surface area contributed by atoms with Crippen molar-refractivity contribution in [2.75, 3.05) is 26.8 Å². The highest BCUT2D eigenvalue weighted by Crippen LogP contribution is 2.33. The van der Waals surface area contributed by atoms with Gasteiger partial charge in [-0.3, -0.25) is 9.59 Å². The quantitative estimate of drug-likeness (QED) is 0.902. The molecule has 6 heteroatoms. The average molecular weight is 309 g/mol. The molecule has 1 aromatic rings. The largest absolute Gasteiger partial charge is 0.481 e. The van der Waals surface area contributed by atoms with Crippen molar-refractivity contribution in [3.63, 3.8) is 0 Å². The SMILES string of the molecule is COCC1(C(=O)O)CCN(C(=O)C(C)c2cccc(F)c2)C1. The number of carboxylic acid groups (broad SMARTS) is 1. The van der Waals surface area contributed by atoms with Gasteiger partial charge in [-0.05, 0) is 31.0 Å². The predicted molar refractivity (Wildman–Crippen MR) is 78.0 cm³/mol. The minimum Gasteiger partial charge on any atom is -0.481 e. The lowest BCUT2D eigenvalue weighted by Gasteiger charge is -2.25. The number of benzene rings is 1. The molecule has 1 N–H and O–H groups in total. The molecule has 0 radical (unpaired) electrons. The average Bonchev–Trinajstić information content (AvgIpc) is 2.92. The van der Waals surface area contributed by atoms with Crippen LogP contribution in [0.4, 0.5) is 4.39 Å². The summed E-state index contributed by atoms with van der Waals surface area (Å²) in [5.41, 5.74) is -0.462. The van der Waals surface area contributed by atoms with Crippen LogP contribution in [0.25, 0.3) is 0 Å². The molecule has 1 saturated heterocycles. The monoisotopic (exact) mass is 309 g/mol. The maximum absolute atomic E-state index is 13.3. The Hall–Kier alpha value is -1.95. The smallest absolute Gasteiger partial charge is 0.313 e. The van der Waals surface area contributed by atoms with Crippen molar-refractivity contribution in [1.29, 1.82) is 0 Å². The Bertz CT molecular complexity index is 577. The lowest BCUT2D eigenvalue weighted by atomic mass is 9.88. The third-order valence-electron chi connectivity index (χ3n) is 4.26. The number of carbonyl (C=O) groups is 2. The van der Waals surface area contributed by atoms with E-state index in [1.807, 2.05) is 0 Å². The Balaban J connectivity index is 2.12. The zero-order chi connectivity index (χ0) is 16.3. The van der Waals surface area contributed by atoms with Gasteiger partial charge in [-0.1, -0.05) is 12.1 Å². The fourth-order valence-electron chi connectivity index (χ4n) is 2.88. The fourth-order valence-corrected chi connectivity index (χ4v) is 2.88. The molecule has 22 heavy (non-hydrogen) atoms. The summed E-state index contributed by atoms with van der Waals surface area (Å²) >= 11 is 0. The first-order valence-corrected chi connectivity index (χ1v) is 7.16. The molecule has 0 saturated carbocycles. The number of methoxy groups -OCH3 is 1. The van der Waals surface area contributed by atoms with Crippen LogP contribution in [0.15, 0.2) is 24.3 Å². The van der Waals surface area contributed by atoms with Crippen LogP contribution in [0.5, 0.6) is 0 Å². The molecule has 0 spiro atoms. The highest BCUT2D eigenvalue weighted by atomic mass is 19.1. The highest BCUT2D eigenvalue weighted by Gasteiger charge is 2.47. The first-order valence-electron chi connectivity index (χ1n) is 7.16. The molecule has 1 aliphatic heterocycles. The predicted octanol–water partition coefficient (Wildman–Crippen LogP) is 1.88. The number of amides is 1. The molecule has 1 heterocycles. The molecule has 1 aromatic carbocycles. The minimum absolute atomic E-state index is 0.0699. The Morgan fingerprint density at radius 2 is 2.23 bits per heavy atom. The van der Waals surface area contributed by atoms with Crippen molar-refractivity contribution >= 4 is 11.9 Å². The van der Waals surface area contributed by atoms with Gasteiger partial charge < -0.3 is 14.7 Å². The van der Waals surface area contributed by atoms with Gasteiger partial charge >= 0.3 is 5.97 Å². The summed E-state index contributed by atoms with van der Waals surface area (Å²) in [7, 11) is 1.45. The number of likely N-dealkylation sites (tertiary alicyclic amines) is 1. The van der Waals surface area contributed by atoms with E-state index < -0.39 is 23.1 Å². The van der Waals surface area contributed by atoms with Gasteiger partial charge in [0.25, 0.3) is 0 Å². The summed E-state index contributed by atoms with van der Waals surface area (Å²) in [4.78, 5) is 25.6. The number of rotatable bonds is 5. The molecular formula is C16H20FNO4. The molecule has 0 aliphatic carbocycles. The van der Waals surface area contributed by atoms with Gasteiger partial charge in [0.1, 0.15) is 11.2 Å². The summed E-state index contributed by atoms with van der Waals surface area (Å²) in [6.07, 6.45) is 0.359. The number of hydrogen-bond acceptors (Lipinski definition) is 3. The molecule has 2 atom stereocenters. The number of carbonyl (C=O) groups excluding carboxylic acids is 1. The van der Waals surface area contributed by atoms with Gasteiger partial charge in [-0.15, -0.1) is 0 Å². The number of hydrogen-bond donors (Lipinski definition) is 1. The van der Waals surface area contributed by atoms with E-state index in [9.17, 15) is 19.1 Å². The van der Waals surface area contributed by atoms with Gasteiger partial charge in [0.2, 0.25) is 5.91 Å². The Labute approximate surface area is 128 Å². The number of carboxylic acids is 1. The van der Waals surface area contributed by atoms with Gasteiger partial charge in [-0.2, -0.15) is 0 Å². The van der Waals surface area contributed by atoms with Gasteiger partial charge in [0, 0.05) is 20.2 Å². The molecule has 2 rings (SSSR count). The molecular weight excluding hydrogens is 289 g/mol. The Kier molecular flexibility index (Phi) is 4.81. The van der Waals surface area contributed by atoms with Gasteiger partial charge in [0.15, 0.2) is 0 Å². The van der Waals surface area contributed by atoms with Crippen LogP contribution in [0.3, 0.4) is 0 Å². The molecule has 5 nitrogen and oxygen atoms in total. The Morgan fingerprint density at radius 1 is 1.50 bits per heavy atom. The number of aliphatic carboxylic acids is 1. The number of nitrogens with zero attached hydrogens (tertiary/aromatic N) is 1. The van der Waals surface area contributed by atoms with Crippen molar-refractivity contribution in [2.24, 2.45) is 5.41 Å². The molecule has 0 bridgehead atoms. The van der Waals surface area contributed by atoms with E-state index in [0.717, 1.165) is 0 Å². The van der Waals surface area contributed by atoms with E-state index in [2.05, 4.69) is 0 Å². The molecule has 0 aromatic heterocycles. The lowest BCUT2D eigenvalue weighted by molar-refractivity contribution is -0.151. The van der Waals surface area contributed by atoms with Crippen molar-refractivity contribution in [3.8, 4) is 0 Å². The molecule has 2 unspecified atom stereocenters. The van der Waals surface area contributed by atoms with Crippen LogP contribution in [0.1, 0.15) is 24.8 Å². The summed E-state index contributed by atoms with van der Waals surface area (Å²) in [5.74, 6) is -2.05. The molecule has 120 valence electrons. The second-order valence-electron chi connectivity index (χ2n) is 5.80. The van der Waals surface area contributed by atoms with Crippen molar-refractivity contribution < 1.29 is 23.8 Å². The molecule has 1 aliphatic rings. The van der Waals surface area contributed by atoms with Crippen molar-refractivity contribution in [1.82, 2.24) is 4.90 Å². The van der Waals surface area contributed by atoms with E-state index in [0.29, 0.717) is 18.5 Å². The van der Waals surface area contributed by atoms with E-state index >= 15 is 0 Å². The topological polar surface area (TPSA) is 66.8 Å². The fraction of sp³-hybridized carbons (Fsp3) is 0.500. The van der Waals surface area contributed by atoms with E-state index in [1.54, 1.807) is 19.1 Å². The van der Waals surface area contributed by atoms with Crippen molar-refractivity contribution in [3.05, 3.63) is 35.6 Å². The summed E-state index contributed by atoms with van der Waals surface area (Å²) < 4.78 is 18.3. The Morgan fingerprint density at radius 3 is 2.82 bits per heavy atom. The second-order valence-corrected chi connectivity index (χ2v) is 5.80. The normalized spacial score (nSPS) is 22.6. The minimum atomic E-state index is -1.05. The number of ether oxygens (including phenoxy) is 1. The summed E-state index contributed by atoms with van der Waals surface area (Å²) in [6.45, 7) is 2.26. The van der Waals surface area contributed by atoms with E-state index in [4.69, 9.17) is 4.74 Å². The van der Waals surface area contributed by atoms with Crippen molar-refractivity contribution in [2.45, 2.75) is 19.3 Å². The molecule has 1 fully saturated rings. The van der Waals surface area contributed by atoms with Crippen LogP contribution in [0.2, 0.25) is 0 Å². The summed E-state index contributed by atoms with van der Waals surface area (Å²) in [6, 6.07) is 5.91. The second kappa shape index (κ2) is 6.44. The van der Waals surface area contributed by atoms with Gasteiger partial charge in [0.05, 0.1) is 12.5 Å². The van der Waals surface area contributed by atoms with Crippen LogP contribution < -0.4 is 0 Å². The van der Waals surface area contributed by atoms with E-state index in [-0.39, 0.29) is 19.1 Å². The zero-order valence-corrected chi connectivity index (χ0v) is 12.7. The van der Waals surface area contributed by atoms with Crippen LogP contribution in [0, 0.1) is 11.2 Å². The maximum atomic E-state index is 13.3. The molecule has 1 amide bonds. The summed E-state index contributed by atoms with van der Waals surface area (Å²) in [5, 5.41) is 9.42. The van der Waals surface area contributed by atoms with Gasteiger partial charge in [-0.25, -0.2) is 4.39 Å². The third-order valence-corrected chi connectivity index (χ3v) is 4.26.